The van der Waals surface area contributed by atoms with Gasteiger partial charge in [0.1, 0.15) is 0 Å². The Hall–Kier alpha value is -1.25. The molecule has 2 N–H and O–H groups in total. The third kappa shape index (κ3) is 1.35. The van der Waals surface area contributed by atoms with E-state index in [1.54, 1.807) is 6.20 Å². The number of nitrogens with zero attached hydrogens (tertiary/aromatic N) is 2. The van der Waals surface area contributed by atoms with Crippen molar-refractivity contribution in [1.82, 2.24) is 4.98 Å². The molecule has 0 radical (unpaired) electrons. The SMILES string of the molecule is CN(c1cncc(N)c1)C1CC1. The second-order valence-electron chi connectivity index (χ2n) is 3.32. The molecule has 1 saturated carbocycles. The predicted octanol–water partition coefficient (Wildman–Crippen LogP) is 1.26. The number of rotatable bonds is 2. The van der Waals surface area contributed by atoms with Crippen LogP contribution in [-0.4, -0.2) is 18.1 Å². The summed E-state index contributed by atoms with van der Waals surface area (Å²) in [6.07, 6.45) is 6.12. The molecular formula is C9H13N3. The van der Waals surface area contributed by atoms with Gasteiger partial charge < -0.3 is 10.6 Å². The molecule has 0 bridgehead atoms. The van der Waals surface area contributed by atoms with E-state index in [-0.39, 0.29) is 0 Å². The Morgan fingerprint density at radius 2 is 2.25 bits per heavy atom. The lowest BCUT2D eigenvalue weighted by atomic mass is 10.3. The molecule has 64 valence electrons. The van der Waals surface area contributed by atoms with E-state index in [1.165, 1.54) is 12.8 Å². The fraction of sp³-hybridized carbons (Fsp3) is 0.444. The van der Waals surface area contributed by atoms with Crippen LogP contribution in [0.25, 0.3) is 0 Å². The molecule has 0 spiro atoms. The molecule has 1 aliphatic rings. The normalized spacial score (nSPS) is 16.1. The standard InChI is InChI=1S/C9H13N3/c1-12(8-2-3-8)9-4-7(10)5-11-6-9/h4-6,8H,2-3,10H2,1H3. The van der Waals surface area contributed by atoms with Gasteiger partial charge in [0.2, 0.25) is 0 Å². The van der Waals surface area contributed by atoms with Gasteiger partial charge in [0.25, 0.3) is 0 Å². The van der Waals surface area contributed by atoms with Crippen molar-refractivity contribution >= 4 is 11.4 Å². The maximum Gasteiger partial charge on any atom is 0.0573 e. The Bertz CT molecular complexity index is 281. The molecule has 1 heterocycles. The van der Waals surface area contributed by atoms with Crippen molar-refractivity contribution in [2.45, 2.75) is 18.9 Å². The van der Waals surface area contributed by atoms with Gasteiger partial charge in [-0.2, -0.15) is 0 Å². The minimum absolute atomic E-state index is 0.716. The van der Waals surface area contributed by atoms with E-state index in [2.05, 4.69) is 16.9 Å². The first-order chi connectivity index (χ1) is 5.77. The van der Waals surface area contributed by atoms with Crippen molar-refractivity contribution in [3.05, 3.63) is 18.5 Å². The number of anilines is 2. The molecule has 1 aromatic rings. The molecular weight excluding hydrogens is 150 g/mol. The summed E-state index contributed by atoms with van der Waals surface area (Å²) in [5.41, 5.74) is 7.49. The zero-order chi connectivity index (χ0) is 8.55. The summed E-state index contributed by atoms with van der Waals surface area (Å²) in [4.78, 5) is 6.29. The fourth-order valence-electron chi connectivity index (χ4n) is 1.31. The number of hydrogen-bond acceptors (Lipinski definition) is 3. The van der Waals surface area contributed by atoms with Gasteiger partial charge in [-0.15, -0.1) is 0 Å². The number of pyridine rings is 1. The van der Waals surface area contributed by atoms with Gasteiger partial charge in [0.15, 0.2) is 0 Å². The first-order valence-corrected chi connectivity index (χ1v) is 4.21. The van der Waals surface area contributed by atoms with E-state index in [1.807, 2.05) is 12.3 Å². The van der Waals surface area contributed by atoms with Gasteiger partial charge in [0, 0.05) is 19.3 Å². The summed E-state index contributed by atoms with van der Waals surface area (Å²) >= 11 is 0. The Balaban J connectivity index is 2.20. The van der Waals surface area contributed by atoms with Crippen molar-refractivity contribution in [3.63, 3.8) is 0 Å². The predicted molar refractivity (Wildman–Crippen MR) is 50.1 cm³/mol. The molecule has 3 heteroatoms. The van der Waals surface area contributed by atoms with Crippen LogP contribution in [0.1, 0.15) is 12.8 Å². The van der Waals surface area contributed by atoms with Crippen LogP contribution in [0.15, 0.2) is 18.5 Å². The minimum Gasteiger partial charge on any atom is -0.397 e. The van der Waals surface area contributed by atoms with Gasteiger partial charge in [-0.1, -0.05) is 0 Å². The molecule has 1 fully saturated rings. The second-order valence-corrected chi connectivity index (χ2v) is 3.32. The zero-order valence-electron chi connectivity index (χ0n) is 7.20. The maximum absolute atomic E-state index is 5.63. The van der Waals surface area contributed by atoms with Gasteiger partial charge in [-0.25, -0.2) is 0 Å². The molecule has 1 aromatic heterocycles. The Kier molecular flexibility index (Phi) is 1.64. The van der Waals surface area contributed by atoms with Gasteiger partial charge in [-0.3, -0.25) is 4.98 Å². The lowest BCUT2D eigenvalue weighted by molar-refractivity contribution is 0.912. The van der Waals surface area contributed by atoms with Crippen LogP contribution in [-0.2, 0) is 0 Å². The third-order valence-electron chi connectivity index (χ3n) is 2.25. The van der Waals surface area contributed by atoms with E-state index in [0.29, 0.717) is 6.04 Å². The van der Waals surface area contributed by atoms with Crippen molar-refractivity contribution in [1.29, 1.82) is 0 Å². The van der Waals surface area contributed by atoms with Crippen molar-refractivity contribution in [2.24, 2.45) is 0 Å². The number of hydrogen-bond donors (Lipinski definition) is 1. The van der Waals surface area contributed by atoms with Crippen LogP contribution in [0.3, 0.4) is 0 Å². The molecule has 12 heavy (non-hydrogen) atoms. The van der Waals surface area contributed by atoms with E-state index in [4.69, 9.17) is 5.73 Å². The van der Waals surface area contributed by atoms with Crippen LogP contribution in [0.5, 0.6) is 0 Å². The minimum atomic E-state index is 0.716. The molecule has 2 rings (SSSR count). The first kappa shape index (κ1) is 7.40. The Morgan fingerprint density at radius 1 is 1.50 bits per heavy atom. The molecule has 0 unspecified atom stereocenters. The van der Waals surface area contributed by atoms with Crippen LogP contribution in [0.4, 0.5) is 11.4 Å². The van der Waals surface area contributed by atoms with Gasteiger partial charge in [0.05, 0.1) is 17.6 Å². The average molecular weight is 163 g/mol. The molecule has 1 aliphatic carbocycles. The Labute approximate surface area is 72.2 Å². The number of nitrogens with two attached hydrogens (primary N) is 1. The first-order valence-electron chi connectivity index (χ1n) is 4.21. The lowest BCUT2D eigenvalue weighted by Gasteiger charge is -2.17. The van der Waals surface area contributed by atoms with Gasteiger partial charge in [-0.05, 0) is 18.9 Å². The monoisotopic (exact) mass is 163 g/mol. The van der Waals surface area contributed by atoms with E-state index < -0.39 is 0 Å². The summed E-state index contributed by atoms with van der Waals surface area (Å²) in [7, 11) is 2.09. The van der Waals surface area contributed by atoms with E-state index >= 15 is 0 Å². The lowest BCUT2D eigenvalue weighted by Crippen LogP contribution is -2.19. The largest absolute Gasteiger partial charge is 0.397 e. The van der Waals surface area contributed by atoms with E-state index in [9.17, 15) is 0 Å². The third-order valence-corrected chi connectivity index (χ3v) is 2.25. The van der Waals surface area contributed by atoms with Crippen LogP contribution in [0, 0.1) is 0 Å². The van der Waals surface area contributed by atoms with Gasteiger partial charge >= 0.3 is 0 Å². The van der Waals surface area contributed by atoms with Crippen molar-refractivity contribution in [2.75, 3.05) is 17.7 Å². The van der Waals surface area contributed by atoms with Crippen LogP contribution >= 0.6 is 0 Å². The maximum atomic E-state index is 5.63. The topological polar surface area (TPSA) is 42.2 Å². The molecule has 0 saturated heterocycles. The highest BCUT2D eigenvalue weighted by Crippen LogP contribution is 2.30. The molecule has 0 amide bonds. The molecule has 0 aliphatic heterocycles. The average Bonchev–Trinajstić information content (AvgIpc) is 2.85. The van der Waals surface area contributed by atoms with Crippen molar-refractivity contribution < 1.29 is 0 Å². The Morgan fingerprint density at radius 3 is 2.83 bits per heavy atom. The highest BCUT2D eigenvalue weighted by Gasteiger charge is 2.26. The number of aromatic nitrogens is 1. The fourth-order valence-corrected chi connectivity index (χ4v) is 1.31. The highest BCUT2D eigenvalue weighted by atomic mass is 15.2. The molecule has 3 nitrogen and oxygen atoms in total. The summed E-state index contributed by atoms with van der Waals surface area (Å²) in [6.45, 7) is 0. The second kappa shape index (κ2) is 2.66. The van der Waals surface area contributed by atoms with Crippen LogP contribution in [0.2, 0.25) is 0 Å². The highest BCUT2D eigenvalue weighted by molar-refractivity contribution is 5.53. The quantitative estimate of drug-likeness (QED) is 0.713. The van der Waals surface area contributed by atoms with Crippen LogP contribution < -0.4 is 10.6 Å². The van der Waals surface area contributed by atoms with E-state index in [0.717, 1.165) is 11.4 Å². The van der Waals surface area contributed by atoms with Crippen molar-refractivity contribution in [3.8, 4) is 0 Å². The summed E-state index contributed by atoms with van der Waals surface area (Å²) < 4.78 is 0. The summed E-state index contributed by atoms with van der Waals surface area (Å²) in [6, 6.07) is 2.68. The molecule has 0 aromatic carbocycles. The summed E-state index contributed by atoms with van der Waals surface area (Å²) in [5.74, 6) is 0. The molecule has 0 atom stereocenters. The zero-order valence-corrected chi connectivity index (χ0v) is 7.20. The summed E-state index contributed by atoms with van der Waals surface area (Å²) in [5, 5.41) is 0. The smallest absolute Gasteiger partial charge is 0.0573 e. The number of nitrogen functional groups attached to an aromatic ring is 1.